The van der Waals surface area contributed by atoms with Crippen molar-refractivity contribution in [3.05, 3.63) is 35.4 Å². The van der Waals surface area contributed by atoms with Crippen molar-refractivity contribution in [1.82, 2.24) is 5.32 Å². The molecule has 0 atom stereocenters. The first kappa shape index (κ1) is 13.4. The predicted molar refractivity (Wildman–Crippen MR) is 74.8 cm³/mol. The third kappa shape index (κ3) is 2.87. The molecule has 1 aromatic carbocycles. The molecular weight excluding hydrogens is 246 g/mol. The summed E-state index contributed by atoms with van der Waals surface area (Å²) in [6.45, 7) is 0.0310. The maximum absolute atomic E-state index is 12.1. The molecule has 0 spiro atoms. The number of carbonyl (C=O) groups is 1. The molecule has 0 bridgehead atoms. The number of benzene rings is 1. The fourth-order valence-corrected chi connectivity index (χ4v) is 2.68. The average Bonchev–Trinajstić information content (AvgIpc) is 2.35. The highest BCUT2D eigenvalue weighted by molar-refractivity contribution is 7.97. The monoisotopic (exact) mass is 265 g/mol. The lowest BCUT2D eigenvalue weighted by Gasteiger charge is -2.40. The van der Waals surface area contributed by atoms with Gasteiger partial charge in [-0.1, -0.05) is 12.1 Å². The topological polar surface area (TPSA) is 49.3 Å². The fraction of sp³-hybridized carbons (Fsp3) is 0.500. The second kappa shape index (κ2) is 5.76. The lowest BCUT2D eigenvalue weighted by atomic mass is 9.77. The van der Waals surface area contributed by atoms with E-state index in [1.165, 1.54) is 5.56 Å². The molecule has 0 unspecified atom stereocenters. The van der Waals surface area contributed by atoms with Crippen LogP contribution in [0.3, 0.4) is 0 Å². The molecule has 1 aromatic rings. The van der Waals surface area contributed by atoms with Crippen LogP contribution in [-0.4, -0.2) is 29.4 Å². The molecule has 0 saturated heterocycles. The Balaban J connectivity index is 2.00. The first-order valence-corrected chi connectivity index (χ1v) is 7.60. The first-order valence-electron chi connectivity index (χ1n) is 6.20. The molecule has 4 heteroatoms. The number of amides is 1. The third-order valence-corrected chi connectivity index (χ3v) is 4.14. The van der Waals surface area contributed by atoms with Crippen LogP contribution < -0.4 is 5.32 Å². The van der Waals surface area contributed by atoms with Crippen molar-refractivity contribution in [1.29, 1.82) is 0 Å². The van der Waals surface area contributed by atoms with E-state index in [0.29, 0.717) is 5.56 Å². The fourth-order valence-electron chi connectivity index (χ4n) is 2.16. The van der Waals surface area contributed by atoms with Gasteiger partial charge in [0.2, 0.25) is 0 Å². The lowest BCUT2D eigenvalue weighted by Crippen LogP contribution is -2.56. The van der Waals surface area contributed by atoms with E-state index in [4.69, 9.17) is 0 Å². The number of carbonyl (C=O) groups excluding carboxylic acids is 1. The number of aliphatic hydroxyl groups excluding tert-OH is 1. The Morgan fingerprint density at radius 2 is 2.06 bits per heavy atom. The summed E-state index contributed by atoms with van der Waals surface area (Å²) in [5, 5.41) is 12.3. The molecule has 1 aliphatic carbocycles. The quantitative estimate of drug-likeness (QED) is 0.858. The Morgan fingerprint density at radius 3 is 2.50 bits per heavy atom. The Bertz CT molecular complexity index is 407. The number of aliphatic hydroxyl groups is 1. The number of nitrogens with one attached hydrogen (secondary N) is 1. The molecule has 98 valence electrons. The van der Waals surface area contributed by atoms with Gasteiger partial charge in [0.25, 0.3) is 5.91 Å². The third-order valence-electron chi connectivity index (χ3n) is 3.52. The SMILES string of the molecule is CSCc1ccc(C(=O)NC2(CO)CCC2)cc1. The molecule has 3 nitrogen and oxygen atoms in total. The molecule has 0 aliphatic heterocycles. The van der Waals surface area contributed by atoms with E-state index < -0.39 is 0 Å². The molecule has 1 saturated carbocycles. The Kier molecular flexibility index (Phi) is 4.30. The van der Waals surface area contributed by atoms with Gasteiger partial charge in [-0.05, 0) is 43.2 Å². The van der Waals surface area contributed by atoms with E-state index >= 15 is 0 Å². The number of hydrogen-bond donors (Lipinski definition) is 2. The molecule has 0 radical (unpaired) electrons. The Morgan fingerprint density at radius 1 is 1.39 bits per heavy atom. The van der Waals surface area contributed by atoms with E-state index in [9.17, 15) is 9.90 Å². The molecule has 1 amide bonds. The van der Waals surface area contributed by atoms with Crippen molar-refractivity contribution in [2.24, 2.45) is 0 Å². The van der Waals surface area contributed by atoms with E-state index in [1.807, 2.05) is 24.3 Å². The van der Waals surface area contributed by atoms with Crippen LogP contribution in [0.4, 0.5) is 0 Å². The summed E-state index contributed by atoms with van der Waals surface area (Å²) in [7, 11) is 0. The van der Waals surface area contributed by atoms with Gasteiger partial charge < -0.3 is 10.4 Å². The van der Waals surface area contributed by atoms with Crippen LogP contribution in [0.5, 0.6) is 0 Å². The lowest BCUT2D eigenvalue weighted by molar-refractivity contribution is 0.0641. The first-order chi connectivity index (χ1) is 8.69. The van der Waals surface area contributed by atoms with Gasteiger partial charge in [-0.15, -0.1) is 0 Å². The van der Waals surface area contributed by atoms with Crippen molar-refractivity contribution < 1.29 is 9.90 Å². The van der Waals surface area contributed by atoms with Gasteiger partial charge in [0.05, 0.1) is 12.1 Å². The van der Waals surface area contributed by atoms with Gasteiger partial charge >= 0.3 is 0 Å². The van der Waals surface area contributed by atoms with Gasteiger partial charge in [-0.25, -0.2) is 0 Å². The summed E-state index contributed by atoms with van der Waals surface area (Å²) in [6.07, 6.45) is 4.88. The van der Waals surface area contributed by atoms with E-state index in [0.717, 1.165) is 25.0 Å². The minimum absolute atomic E-state index is 0.0310. The predicted octanol–water partition coefficient (Wildman–Crippen LogP) is 2.19. The summed E-state index contributed by atoms with van der Waals surface area (Å²) in [6, 6.07) is 7.67. The van der Waals surface area contributed by atoms with E-state index in [1.54, 1.807) is 11.8 Å². The van der Waals surface area contributed by atoms with Crippen LogP contribution in [0.2, 0.25) is 0 Å². The Hall–Kier alpha value is -1.00. The van der Waals surface area contributed by atoms with Gasteiger partial charge in [0, 0.05) is 11.3 Å². The second-order valence-electron chi connectivity index (χ2n) is 4.88. The maximum Gasteiger partial charge on any atom is 0.251 e. The highest BCUT2D eigenvalue weighted by atomic mass is 32.2. The summed E-state index contributed by atoms with van der Waals surface area (Å²) in [4.78, 5) is 12.1. The van der Waals surface area contributed by atoms with Crippen LogP contribution in [0.1, 0.15) is 35.2 Å². The zero-order chi connectivity index (χ0) is 13.0. The maximum atomic E-state index is 12.1. The highest BCUT2D eigenvalue weighted by Crippen LogP contribution is 2.31. The minimum atomic E-state index is -0.366. The number of rotatable bonds is 5. The van der Waals surface area contributed by atoms with Crippen LogP contribution in [0.25, 0.3) is 0 Å². The molecule has 0 aromatic heterocycles. The van der Waals surface area contributed by atoms with E-state index in [-0.39, 0.29) is 18.1 Å². The van der Waals surface area contributed by atoms with Gasteiger partial charge in [0.1, 0.15) is 0 Å². The summed E-state index contributed by atoms with van der Waals surface area (Å²) in [5.41, 5.74) is 1.52. The highest BCUT2D eigenvalue weighted by Gasteiger charge is 2.37. The van der Waals surface area contributed by atoms with Gasteiger partial charge in [-0.3, -0.25) is 4.79 Å². The molecule has 1 fully saturated rings. The van der Waals surface area contributed by atoms with Gasteiger partial charge in [0.15, 0.2) is 0 Å². The number of hydrogen-bond acceptors (Lipinski definition) is 3. The average molecular weight is 265 g/mol. The van der Waals surface area contributed by atoms with E-state index in [2.05, 4.69) is 11.6 Å². The van der Waals surface area contributed by atoms with Crippen molar-refractivity contribution in [2.45, 2.75) is 30.6 Å². The van der Waals surface area contributed by atoms with Crippen LogP contribution in [0, 0.1) is 0 Å². The summed E-state index contributed by atoms with van der Waals surface area (Å²) >= 11 is 1.76. The molecule has 0 heterocycles. The number of thioether (sulfide) groups is 1. The van der Waals surface area contributed by atoms with Crippen LogP contribution in [0.15, 0.2) is 24.3 Å². The minimum Gasteiger partial charge on any atom is -0.394 e. The van der Waals surface area contributed by atoms with Gasteiger partial charge in [-0.2, -0.15) is 11.8 Å². The summed E-state index contributed by atoms with van der Waals surface area (Å²) < 4.78 is 0. The molecule has 2 N–H and O–H groups in total. The largest absolute Gasteiger partial charge is 0.394 e. The van der Waals surface area contributed by atoms with Crippen LogP contribution >= 0.6 is 11.8 Å². The smallest absolute Gasteiger partial charge is 0.251 e. The van der Waals surface area contributed by atoms with Crippen molar-refractivity contribution >= 4 is 17.7 Å². The molecule has 1 aliphatic rings. The van der Waals surface area contributed by atoms with Crippen molar-refractivity contribution in [2.75, 3.05) is 12.9 Å². The molecular formula is C14H19NO2S. The summed E-state index contributed by atoms with van der Waals surface area (Å²) in [5.74, 6) is 0.877. The standard InChI is InChI=1S/C14H19NO2S/c1-18-9-11-3-5-12(6-4-11)13(17)15-14(10-16)7-2-8-14/h3-6,16H,2,7-10H2,1H3,(H,15,17). The Labute approximate surface area is 112 Å². The zero-order valence-corrected chi connectivity index (χ0v) is 11.4. The second-order valence-corrected chi connectivity index (χ2v) is 5.74. The van der Waals surface area contributed by atoms with Crippen LogP contribution in [-0.2, 0) is 5.75 Å². The van der Waals surface area contributed by atoms with Crippen molar-refractivity contribution in [3.8, 4) is 0 Å². The zero-order valence-electron chi connectivity index (χ0n) is 10.6. The molecule has 18 heavy (non-hydrogen) atoms. The molecule has 2 rings (SSSR count). The van der Waals surface area contributed by atoms with Crippen molar-refractivity contribution in [3.63, 3.8) is 0 Å². The normalized spacial score (nSPS) is 17.0.